The Balaban J connectivity index is 1.28. The van der Waals surface area contributed by atoms with Crippen molar-refractivity contribution in [1.29, 1.82) is 0 Å². The van der Waals surface area contributed by atoms with Gasteiger partial charge in [-0.1, -0.05) is 23.7 Å². The number of aromatic nitrogens is 2. The Hall–Kier alpha value is -2.18. The zero-order chi connectivity index (χ0) is 20.8. The highest BCUT2D eigenvalue weighted by molar-refractivity contribution is 6.30. The van der Waals surface area contributed by atoms with Crippen LogP contribution >= 0.6 is 11.6 Å². The molecular formula is C23H27ClN4O2. The molecule has 1 atom stereocenters. The molecule has 1 aromatic heterocycles. The van der Waals surface area contributed by atoms with Crippen LogP contribution in [0, 0.1) is 5.41 Å². The quantitative estimate of drug-likeness (QED) is 0.816. The average Bonchev–Trinajstić information content (AvgIpc) is 3.56. The smallest absolute Gasteiger partial charge is 0.233 e. The van der Waals surface area contributed by atoms with Crippen molar-refractivity contribution in [3.63, 3.8) is 0 Å². The minimum atomic E-state index is -0.383. The van der Waals surface area contributed by atoms with Gasteiger partial charge in [0, 0.05) is 43.6 Å². The Morgan fingerprint density at radius 3 is 2.47 bits per heavy atom. The molecule has 2 aromatic rings. The largest absolute Gasteiger partial charge is 0.391 e. The molecule has 158 valence electrons. The number of β-amino-alcohol motifs (C(OH)–C–C–N with tert-alkyl or cyclic N) is 1. The summed E-state index contributed by atoms with van der Waals surface area (Å²) in [6.45, 7) is 2.93. The standard InChI is InChI=1S/C23H27ClN4O2/c24-18-3-1-17(2-4-18)23(5-6-23)21(30)27-11-7-22(8-12-27)13-19(29)15-28(16-22)20-14-25-9-10-26-20/h1-4,9-10,14,19,29H,5-8,11-13,15-16H2. The highest BCUT2D eigenvalue weighted by Crippen LogP contribution is 2.51. The third-order valence-electron chi connectivity index (χ3n) is 7.17. The molecule has 1 aliphatic carbocycles. The number of piperidine rings is 2. The summed E-state index contributed by atoms with van der Waals surface area (Å²) in [7, 11) is 0. The number of halogens is 1. The maximum Gasteiger partial charge on any atom is 0.233 e. The lowest BCUT2D eigenvalue weighted by atomic mass is 9.71. The number of amides is 1. The molecule has 1 unspecified atom stereocenters. The number of hydrogen-bond donors (Lipinski definition) is 1. The maximum atomic E-state index is 13.4. The van der Waals surface area contributed by atoms with Gasteiger partial charge in [0.1, 0.15) is 5.82 Å². The van der Waals surface area contributed by atoms with Gasteiger partial charge in [-0.05, 0) is 55.2 Å². The molecule has 1 amide bonds. The monoisotopic (exact) mass is 426 g/mol. The number of hydrogen-bond acceptors (Lipinski definition) is 5. The molecule has 2 saturated heterocycles. The van der Waals surface area contributed by atoms with Gasteiger partial charge in [0.25, 0.3) is 0 Å². The lowest BCUT2D eigenvalue weighted by Gasteiger charge is -2.49. The second-order valence-corrected chi connectivity index (χ2v) is 9.62. The van der Waals surface area contributed by atoms with E-state index in [-0.39, 0.29) is 22.8 Å². The van der Waals surface area contributed by atoms with Crippen LogP contribution in [0.4, 0.5) is 5.82 Å². The summed E-state index contributed by atoms with van der Waals surface area (Å²) >= 11 is 6.03. The molecule has 30 heavy (non-hydrogen) atoms. The van der Waals surface area contributed by atoms with Crippen molar-refractivity contribution < 1.29 is 9.90 Å². The van der Waals surface area contributed by atoms with Gasteiger partial charge in [-0.15, -0.1) is 0 Å². The van der Waals surface area contributed by atoms with E-state index in [1.165, 1.54) is 0 Å². The van der Waals surface area contributed by atoms with Crippen LogP contribution in [-0.4, -0.2) is 58.2 Å². The fourth-order valence-corrected chi connectivity index (χ4v) is 5.48. The minimum Gasteiger partial charge on any atom is -0.391 e. The zero-order valence-electron chi connectivity index (χ0n) is 17.0. The first kappa shape index (κ1) is 19.8. The third-order valence-corrected chi connectivity index (χ3v) is 7.42. The molecule has 0 bridgehead atoms. The fraction of sp³-hybridized carbons (Fsp3) is 0.522. The summed E-state index contributed by atoms with van der Waals surface area (Å²) in [6.07, 6.45) is 9.15. The molecule has 0 radical (unpaired) electrons. The highest BCUT2D eigenvalue weighted by atomic mass is 35.5. The average molecular weight is 427 g/mol. The summed E-state index contributed by atoms with van der Waals surface area (Å²) in [5, 5.41) is 11.3. The molecule has 2 aliphatic heterocycles. The maximum absolute atomic E-state index is 13.4. The first-order valence-corrected chi connectivity index (χ1v) is 11.1. The predicted molar refractivity (Wildman–Crippen MR) is 115 cm³/mol. The van der Waals surface area contributed by atoms with Crippen molar-refractivity contribution in [3.8, 4) is 0 Å². The lowest BCUT2D eigenvalue weighted by Crippen LogP contribution is -2.55. The van der Waals surface area contributed by atoms with E-state index in [0.29, 0.717) is 11.6 Å². The molecule has 1 spiro atoms. The van der Waals surface area contributed by atoms with E-state index in [2.05, 4.69) is 14.9 Å². The Morgan fingerprint density at radius 1 is 1.10 bits per heavy atom. The fourth-order valence-electron chi connectivity index (χ4n) is 5.35. The molecule has 7 heteroatoms. The van der Waals surface area contributed by atoms with Gasteiger partial charge >= 0.3 is 0 Å². The normalized spacial score (nSPS) is 24.7. The Morgan fingerprint density at radius 2 is 1.83 bits per heavy atom. The summed E-state index contributed by atoms with van der Waals surface area (Å²) in [5.74, 6) is 1.07. The molecular weight excluding hydrogens is 400 g/mol. The van der Waals surface area contributed by atoms with Crippen LogP contribution in [0.5, 0.6) is 0 Å². The Kier molecular flexibility index (Phi) is 4.94. The van der Waals surface area contributed by atoms with E-state index in [4.69, 9.17) is 11.6 Å². The summed E-state index contributed by atoms with van der Waals surface area (Å²) in [5.41, 5.74) is 0.745. The van der Waals surface area contributed by atoms with Crippen molar-refractivity contribution in [1.82, 2.24) is 14.9 Å². The molecule has 1 N–H and O–H groups in total. The van der Waals surface area contributed by atoms with Gasteiger partial charge in [0.05, 0.1) is 17.7 Å². The van der Waals surface area contributed by atoms with Crippen LogP contribution in [0.2, 0.25) is 5.02 Å². The van der Waals surface area contributed by atoms with Gasteiger partial charge in [0.15, 0.2) is 0 Å². The van der Waals surface area contributed by atoms with E-state index in [1.54, 1.807) is 18.6 Å². The first-order chi connectivity index (χ1) is 14.5. The van der Waals surface area contributed by atoms with Gasteiger partial charge in [0.2, 0.25) is 5.91 Å². The number of carbonyl (C=O) groups excluding carboxylic acids is 1. The van der Waals surface area contributed by atoms with Gasteiger partial charge in [-0.2, -0.15) is 0 Å². The second kappa shape index (κ2) is 7.50. The van der Waals surface area contributed by atoms with E-state index in [9.17, 15) is 9.90 Å². The van der Waals surface area contributed by atoms with E-state index >= 15 is 0 Å². The number of likely N-dealkylation sites (tertiary alicyclic amines) is 1. The van der Waals surface area contributed by atoms with Crippen LogP contribution in [0.15, 0.2) is 42.9 Å². The second-order valence-electron chi connectivity index (χ2n) is 9.18. The predicted octanol–water partition coefficient (Wildman–Crippen LogP) is 3.04. The minimum absolute atomic E-state index is 0.0168. The van der Waals surface area contributed by atoms with Gasteiger partial charge in [-0.25, -0.2) is 4.98 Å². The number of anilines is 1. The van der Waals surface area contributed by atoms with Crippen molar-refractivity contribution in [3.05, 3.63) is 53.4 Å². The summed E-state index contributed by atoms with van der Waals surface area (Å²) in [4.78, 5) is 26.2. The van der Waals surface area contributed by atoms with Crippen LogP contribution in [0.1, 0.15) is 37.7 Å². The number of aliphatic hydroxyl groups excluding tert-OH is 1. The van der Waals surface area contributed by atoms with Crippen LogP contribution in [0.3, 0.4) is 0 Å². The third kappa shape index (κ3) is 3.56. The van der Waals surface area contributed by atoms with Crippen LogP contribution < -0.4 is 4.90 Å². The van der Waals surface area contributed by atoms with Crippen molar-refractivity contribution in [2.75, 3.05) is 31.1 Å². The summed E-state index contributed by atoms with van der Waals surface area (Å²) in [6, 6.07) is 7.74. The first-order valence-electron chi connectivity index (χ1n) is 10.7. The number of aliphatic hydroxyl groups is 1. The molecule has 5 rings (SSSR count). The van der Waals surface area contributed by atoms with Crippen molar-refractivity contribution >= 4 is 23.3 Å². The summed E-state index contributed by atoms with van der Waals surface area (Å²) < 4.78 is 0. The molecule has 1 aromatic carbocycles. The number of carbonyl (C=O) groups is 1. The highest BCUT2D eigenvalue weighted by Gasteiger charge is 2.54. The molecule has 3 heterocycles. The van der Waals surface area contributed by atoms with E-state index in [0.717, 1.165) is 63.1 Å². The van der Waals surface area contributed by atoms with E-state index < -0.39 is 0 Å². The number of nitrogens with zero attached hydrogens (tertiary/aromatic N) is 4. The Bertz CT molecular complexity index is 909. The van der Waals surface area contributed by atoms with Crippen molar-refractivity contribution in [2.45, 2.75) is 43.6 Å². The zero-order valence-corrected chi connectivity index (χ0v) is 17.8. The molecule has 3 fully saturated rings. The lowest BCUT2D eigenvalue weighted by molar-refractivity contribution is -0.136. The van der Waals surface area contributed by atoms with Crippen molar-refractivity contribution in [2.24, 2.45) is 5.41 Å². The SMILES string of the molecule is O=C(N1CCC2(CC1)CC(O)CN(c1cnccn1)C2)C1(c2ccc(Cl)cc2)CC1. The van der Waals surface area contributed by atoms with Crippen LogP contribution in [-0.2, 0) is 10.2 Å². The number of rotatable bonds is 3. The molecule has 3 aliphatic rings. The Labute approximate surface area is 181 Å². The molecule has 6 nitrogen and oxygen atoms in total. The van der Waals surface area contributed by atoms with Gasteiger partial charge < -0.3 is 14.9 Å². The molecule has 1 saturated carbocycles. The number of benzene rings is 1. The topological polar surface area (TPSA) is 69.6 Å². The van der Waals surface area contributed by atoms with Crippen LogP contribution in [0.25, 0.3) is 0 Å². The van der Waals surface area contributed by atoms with Gasteiger partial charge in [-0.3, -0.25) is 9.78 Å². The van der Waals surface area contributed by atoms with E-state index in [1.807, 2.05) is 29.2 Å².